The van der Waals surface area contributed by atoms with Gasteiger partial charge in [-0.1, -0.05) is 194 Å². The first kappa shape index (κ1) is 54.6. The molecule has 0 radical (unpaired) electrons. The van der Waals surface area contributed by atoms with E-state index in [-0.39, 0.29) is 25.2 Å². The van der Waals surface area contributed by atoms with E-state index < -0.39 is 6.10 Å². The van der Waals surface area contributed by atoms with Crippen molar-refractivity contribution in [2.45, 2.75) is 194 Å². The molecule has 0 aliphatic heterocycles. The van der Waals surface area contributed by atoms with Gasteiger partial charge < -0.3 is 14.2 Å². The quantitative estimate of drug-likeness (QED) is 0.0350. The second kappa shape index (κ2) is 47.9. The summed E-state index contributed by atoms with van der Waals surface area (Å²) in [7, 11) is 0. The maximum absolute atomic E-state index is 12.6. The van der Waals surface area contributed by atoms with Gasteiger partial charge in [0.05, 0.1) is 13.2 Å². The largest absolute Gasteiger partial charge is 0.462 e. The minimum Gasteiger partial charge on any atom is -0.462 e. The maximum atomic E-state index is 12.6. The molecule has 0 heterocycles. The summed E-state index contributed by atoms with van der Waals surface area (Å²) in [6, 6.07) is 0. The van der Waals surface area contributed by atoms with Gasteiger partial charge in [0.15, 0.2) is 6.10 Å². The van der Waals surface area contributed by atoms with E-state index in [9.17, 15) is 9.59 Å². The van der Waals surface area contributed by atoms with Gasteiger partial charge in [-0.15, -0.1) is 0 Å². The molecular weight excluding hydrogens is 717 g/mol. The predicted octanol–water partition coefficient (Wildman–Crippen LogP) is 15.7. The van der Waals surface area contributed by atoms with Crippen LogP contribution in [0.15, 0.2) is 109 Å². The van der Waals surface area contributed by atoms with Crippen LogP contribution in [0.2, 0.25) is 0 Å². The molecule has 0 aromatic carbocycles. The number of allylic oxidation sites excluding steroid dienone is 17. The normalized spacial score (nSPS) is 13.2. The topological polar surface area (TPSA) is 61.8 Å². The van der Waals surface area contributed by atoms with E-state index in [1.165, 1.54) is 44.9 Å². The highest BCUT2D eigenvalue weighted by Crippen LogP contribution is 2.12. The van der Waals surface area contributed by atoms with E-state index in [4.69, 9.17) is 14.2 Å². The minimum absolute atomic E-state index is 0.0422. The van der Waals surface area contributed by atoms with Crippen LogP contribution in [0, 0.1) is 0 Å². The molecule has 0 bridgehead atoms. The van der Waals surface area contributed by atoms with Gasteiger partial charge in [-0.3, -0.25) is 9.59 Å². The molecule has 0 spiro atoms. The first-order chi connectivity index (χ1) is 28.6. The number of hydrogen-bond acceptors (Lipinski definition) is 5. The Balaban J connectivity index is 4.29. The molecule has 0 saturated carbocycles. The van der Waals surface area contributed by atoms with Crippen molar-refractivity contribution in [3.8, 4) is 0 Å². The second-order valence-corrected chi connectivity index (χ2v) is 14.9. The first-order valence-corrected chi connectivity index (χ1v) is 23.4. The molecule has 0 aliphatic rings. The van der Waals surface area contributed by atoms with Crippen LogP contribution < -0.4 is 0 Å². The summed E-state index contributed by atoms with van der Waals surface area (Å²) < 4.78 is 17.2. The zero-order chi connectivity index (χ0) is 42.1. The zero-order valence-corrected chi connectivity index (χ0v) is 37.5. The Morgan fingerprint density at radius 1 is 0.397 bits per heavy atom. The molecule has 0 aromatic rings. The maximum Gasteiger partial charge on any atom is 0.306 e. The smallest absolute Gasteiger partial charge is 0.306 e. The van der Waals surface area contributed by atoms with Crippen LogP contribution in [0.4, 0.5) is 0 Å². The van der Waals surface area contributed by atoms with Crippen LogP contribution in [0.3, 0.4) is 0 Å². The molecule has 328 valence electrons. The third kappa shape index (κ3) is 45.3. The Bertz CT molecular complexity index is 1180. The molecule has 5 nitrogen and oxygen atoms in total. The van der Waals surface area contributed by atoms with Gasteiger partial charge in [-0.2, -0.15) is 0 Å². The highest BCUT2D eigenvalue weighted by molar-refractivity contribution is 5.70. The van der Waals surface area contributed by atoms with Crippen molar-refractivity contribution < 1.29 is 23.8 Å². The van der Waals surface area contributed by atoms with Crippen molar-refractivity contribution in [2.24, 2.45) is 0 Å². The van der Waals surface area contributed by atoms with Crippen LogP contribution in [-0.4, -0.2) is 37.9 Å². The number of esters is 2. The van der Waals surface area contributed by atoms with Gasteiger partial charge in [-0.05, 0) is 89.9 Å². The Morgan fingerprint density at radius 3 is 1.24 bits per heavy atom. The number of carbonyl (C=O) groups excluding carboxylic acids is 2. The summed E-state index contributed by atoms with van der Waals surface area (Å²) in [5.41, 5.74) is 0. The average molecular weight is 803 g/mol. The highest BCUT2D eigenvalue weighted by Gasteiger charge is 2.17. The fourth-order valence-electron chi connectivity index (χ4n) is 5.92. The lowest BCUT2D eigenvalue weighted by molar-refractivity contribution is -0.162. The fourth-order valence-corrected chi connectivity index (χ4v) is 5.92. The minimum atomic E-state index is -0.584. The van der Waals surface area contributed by atoms with Crippen molar-refractivity contribution in [3.63, 3.8) is 0 Å². The highest BCUT2D eigenvalue weighted by atomic mass is 16.6. The predicted molar refractivity (Wildman–Crippen MR) is 251 cm³/mol. The van der Waals surface area contributed by atoms with Gasteiger partial charge in [0.2, 0.25) is 0 Å². The van der Waals surface area contributed by atoms with Gasteiger partial charge >= 0.3 is 11.9 Å². The molecule has 0 N–H and O–H groups in total. The van der Waals surface area contributed by atoms with E-state index in [0.717, 1.165) is 109 Å². The van der Waals surface area contributed by atoms with Gasteiger partial charge in [0.1, 0.15) is 6.61 Å². The van der Waals surface area contributed by atoms with Crippen LogP contribution in [0.25, 0.3) is 0 Å². The van der Waals surface area contributed by atoms with Crippen molar-refractivity contribution >= 4 is 11.9 Å². The monoisotopic (exact) mass is 803 g/mol. The Hall–Kier alpha value is -3.44. The van der Waals surface area contributed by atoms with Gasteiger partial charge in [0, 0.05) is 12.8 Å². The Labute approximate surface area is 357 Å². The number of unbranched alkanes of at least 4 members (excludes halogenated alkanes) is 12. The summed E-state index contributed by atoms with van der Waals surface area (Å²) >= 11 is 0. The lowest BCUT2D eigenvalue weighted by atomic mass is 10.1. The summed E-state index contributed by atoms with van der Waals surface area (Å²) in [5.74, 6) is -0.468. The molecule has 0 fully saturated rings. The summed E-state index contributed by atoms with van der Waals surface area (Å²) in [6.45, 7) is 7.32. The fraction of sp³-hybridized carbons (Fsp3) is 0.623. The third-order valence-corrected chi connectivity index (χ3v) is 9.32. The van der Waals surface area contributed by atoms with Crippen molar-refractivity contribution in [3.05, 3.63) is 109 Å². The number of rotatable bonds is 41. The van der Waals surface area contributed by atoms with E-state index in [2.05, 4.69) is 130 Å². The molecule has 0 rings (SSSR count). The molecular formula is C53H86O5. The SMILES string of the molecule is CC/C=C\C/C=C\C/C=C\C/C=C\C/C=C\CCOCC(COC(=O)CCCCCCCC/C=C\C/C=C\C/C=C\C/C=C\CC)OC(=O)CCCCCCCCC. The lowest BCUT2D eigenvalue weighted by Crippen LogP contribution is -2.30. The Kier molecular flexibility index (Phi) is 45.1. The van der Waals surface area contributed by atoms with Crippen molar-refractivity contribution in [1.29, 1.82) is 0 Å². The second-order valence-electron chi connectivity index (χ2n) is 14.9. The van der Waals surface area contributed by atoms with E-state index in [1.807, 2.05) is 0 Å². The molecule has 5 heteroatoms. The third-order valence-electron chi connectivity index (χ3n) is 9.32. The van der Waals surface area contributed by atoms with E-state index in [0.29, 0.717) is 19.4 Å². The zero-order valence-electron chi connectivity index (χ0n) is 37.5. The van der Waals surface area contributed by atoms with E-state index in [1.54, 1.807) is 0 Å². The standard InChI is InChI=1S/C53H86O5/c1-4-7-10-13-16-18-20-22-24-26-27-28-29-31-33-35-38-40-43-46-52(54)57-50-51(58-53(55)47-44-41-37-15-12-9-6-3)49-56-48-45-42-39-36-34-32-30-25-23-21-19-17-14-11-8-5-2/h7-8,10-11,16-19,22-25,27-28,32,34,39,42,51H,4-6,9,12-15,20-21,26,29-31,33,35-38,40-41,43-50H2,1-3H3/b10-7-,11-8-,18-16-,19-17-,24-22-,25-23-,28-27-,34-32-,42-39-. The van der Waals surface area contributed by atoms with Crippen LogP contribution in [-0.2, 0) is 23.8 Å². The molecule has 58 heavy (non-hydrogen) atoms. The van der Waals surface area contributed by atoms with Crippen LogP contribution in [0.1, 0.15) is 188 Å². The molecule has 1 unspecified atom stereocenters. The van der Waals surface area contributed by atoms with E-state index >= 15 is 0 Å². The number of hydrogen-bond donors (Lipinski definition) is 0. The Morgan fingerprint density at radius 2 is 0.776 bits per heavy atom. The summed E-state index contributed by atoms with van der Waals surface area (Å²) in [6.07, 6.45) is 65.5. The molecule has 0 aromatic heterocycles. The van der Waals surface area contributed by atoms with Crippen molar-refractivity contribution in [1.82, 2.24) is 0 Å². The van der Waals surface area contributed by atoms with Crippen LogP contribution >= 0.6 is 0 Å². The molecule has 1 atom stereocenters. The summed E-state index contributed by atoms with van der Waals surface area (Å²) in [4.78, 5) is 25.2. The summed E-state index contributed by atoms with van der Waals surface area (Å²) in [5, 5.41) is 0. The molecule has 0 amide bonds. The number of ether oxygens (including phenoxy) is 3. The van der Waals surface area contributed by atoms with Crippen molar-refractivity contribution in [2.75, 3.05) is 19.8 Å². The average Bonchev–Trinajstić information content (AvgIpc) is 3.22. The van der Waals surface area contributed by atoms with Crippen LogP contribution in [0.5, 0.6) is 0 Å². The lowest BCUT2D eigenvalue weighted by Gasteiger charge is -2.18. The molecule has 0 aliphatic carbocycles. The number of carbonyl (C=O) groups is 2. The molecule has 0 saturated heterocycles. The first-order valence-electron chi connectivity index (χ1n) is 23.4. The van der Waals surface area contributed by atoms with Gasteiger partial charge in [0.25, 0.3) is 0 Å². The van der Waals surface area contributed by atoms with Gasteiger partial charge in [-0.25, -0.2) is 0 Å².